The molecule has 4 bridgehead atoms. The quantitative estimate of drug-likeness (QED) is 0.397. The number of nitrogens with zero attached hydrogens (tertiary/aromatic N) is 2. The summed E-state index contributed by atoms with van der Waals surface area (Å²) in [7, 11) is 0. The lowest BCUT2D eigenvalue weighted by atomic mass is 9.54. The molecule has 1 amide bonds. The fourth-order valence-corrected chi connectivity index (χ4v) is 9.62. The zero-order valence-electron chi connectivity index (χ0n) is 24.9. The summed E-state index contributed by atoms with van der Waals surface area (Å²) in [5.74, 6) is 4.41. The fraction of sp³-hybridized carbons (Fsp3) is 0.875. The predicted octanol–water partition coefficient (Wildman–Crippen LogP) is 5.30. The van der Waals surface area contributed by atoms with E-state index in [-0.39, 0.29) is 17.0 Å². The van der Waals surface area contributed by atoms with Gasteiger partial charge in [-0.25, -0.2) is 4.68 Å². The van der Waals surface area contributed by atoms with Crippen molar-refractivity contribution in [1.29, 1.82) is 0 Å². The largest absolute Gasteiger partial charge is 0.477 e. The molecule has 3 N–H and O–H groups in total. The molecule has 1 aliphatic heterocycles. The minimum Gasteiger partial charge on any atom is -0.477 e. The van der Waals surface area contributed by atoms with E-state index >= 15 is 0 Å². The number of carbonyl (C=O) groups excluding carboxylic acids is 1. The van der Waals surface area contributed by atoms with Crippen LogP contribution in [-0.4, -0.2) is 52.0 Å². The number of hydrogen-bond acceptors (Lipinski definition) is 5. The van der Waals surface area contributed by atoms with Gasteiger partial charge in [-0.2, -0.15) is 5.10 Å². The van der Waals surface area contributed by atoms with Crippen LogP contribution in [0.2, 0.25) is 0 Å². The lowest BCUT2D eigenvalue weighted by molar-refractivity contribution is -0.0120. The van der Waals surface area contributed by atoms with Gasteiger partial charge in [0.2, 0.25) is 5.88 Å². The van der Waals surface area contributed by atoms with Crippen LogP contribution < -0.4 is 20.7 Å². The van der Waals surface area contributed by atoms with Crippen LogP contribution in [-0.2, 0) is 6.54 Å². The first kappa shape index (κ1) is 27.6. The Balaban J connectivity index is 1.12. The number of hydrogen-bond donors (Lipinski definition) is 3. The van der Waals surface area contributed by atoms with Crippen molar-refractivity contribution in [3.8, 4) is 5.88 Å². The molecule has 0 aromatic carbocycles. The smallest absolute Gasteiger partial charge is 0.258 e. The molecule has 218 valence electrons. The number of amides is 1. The molecule has 7 rings (SSSR count). The van der Waals surface area contributed by atoms with Gasteiger partial charge in [0.25, 0.3) is 5.91 Å². The Hall–Kier alpha value is -1.60. The van der Waals surface area contributed by atoms with E-state index < -0.39 is 0 Å². The van der Waals surface area contributed by atoms with Crippen LogP contribution in [0.3, 0.4) is 0 Å². The second-order valence-corrected chi connectivity index (χ2v) is 15.3. The minimum absolute atomic E-state index is 0.0205. The number of aromatic nitrogens is 2. The summed E-state index contributed by atoms with van der Waals surface area (Å²) >= 11 is 0. The van der Waals surface area contributed by atoms with Gasteiger partial charge in [0.1, 0.15) is 5.56 Å². The van der Waals surface area contributed by atoms with E-state index in [1.54, 1.807) is 6.20 Å². The van der Waals surface area contributed by atoms with Crippen LogP contribution in [0.1, 0.15) is 115 Å². The third-order valence-corrected chi connectivity index (χ3v) is 10.7. The Morgan fingerprint density at radius 1 is 1.00 bits per heavy atom. The third-order valence-electron chi connectivity index (χ3n) is 10.7. The molecular weight excluding hydrogens is 486 g/mol. The molecule has 0 radical (unpaired) electrons. The molecular formula is C32H53N5O2. The Kier molecular flexibility index (Phi) is 7.77. The molecule has 1 aromatic heterocycles. The maximum absolute atomic E-state index is 13.7. The van der Waals surface area contributed by atoms with Crippen LogP contribution in [0, 0.1) is 29.6 Å². The number of nitrogens with one attached hydrogen (secondary N) is 3. The monoisotopic (exact) mass is 539 g/mol. The Labute approximate surface area is 236 Å². The summed E-state index contributed by atoms with van der Waals surface area (Å²) in [4.78, 5) is 13.7. The first-order chi connectivity index (χ1) is 18.6. The zero-order valence-corrected chi connectivity index (χ0v) is 24.9. The lowest BCUT2D eigenvalue weighted by Gasteiger charge is -2.54. The lowest BCUT2D eigenvalue weighted by Crippen LogP contribution is -2.61. The Morgan fingerprint density at radius 3 is 2.28 bits per heavy atom. The molecule has 1 saturated heterocycles. The van der Waals surface area contributed by atoms with Gasteiger partial charge in [-0.1, -0.05) is 19.3 Å². The van der Waals surface area contributed by atoms with E-state index in [1.165, 1.54) is 64.2 Å². The molecule has 7 nitrogen and oxygen atoms in total. The topological polar surface area (TPSA) is 80.2 Å². The normalized spacial score (nSPS) is 33.8. The predicted molar refractivity (Wildman–Crippen MR) is 155 cm³/mol. The Bertz CT molecular complexity index is 966. The van der Waals surface area contributed by atoms with Crippen molar-refractivity contribution in [2.24, 2.45) is 29.6 Å². The van der Waals surface area contributed by atoms with Gasteiger partial charge in [-0.15, -0.1) is 0 Å². The summed E-state index contributed by atoms with van der Waals surface area (Å²) in [6.45, 7) is 11.4. The van der Waals surface area contributed by atoms with Gasteiger partial charge in [0.15, 0.2) is 0 Å². The highest BCUT2D eigenvalue weighted by molar-refractivity contribution is 5.96. The maximum atomic E-state index is 13.7. The van der Waals surface area contributed by atoms with Crippen molar-refractivity contribution < 1.29 is 9.53 Å². The Morgan fingerprint density at radius 2 is 1.64 bits per heavy atom. The number of piperidine rings is 1. The highest BCUT2D eigenvalue weighted by Gasteiger charge is 2.49. The molecule has 5 saturated carbocycles. The van der Waals surface area contributed by atoms with Crippen molar-refractivity contribution in [3.63, 3.8) is 0 Å². The van der Waals surface area contributed by atoms with E-state index in [4.69, 9.17) is 9.84 Å². The number of rotatable bonds is 9. The molecule has 0 spiro atoms. The average Bonchev–Trinajstić information content (AvgIpc) is 3.26. The summed E-state index contributed by atoms with van der Waals surface area (Å²) in [6, 6.07) is 0.784. The van der Waals surface area contributed by atoms with Crippen LogP contribution in [0.25, 0.3) is 0 Å². The molecule has 6 fully saturated rings. The van der Waals surface area contributed by atoms with E-state index in [2.05, 4.69) is 43.6 Å². The SMILES string of the molecule is CC1(C)CC(NCCn2ncc(C(=O)NC3C4CC5CC(C4)CC3C5)c2OCC2CCCCC2)CC(C)(C)N1. The molecule has 1 aromatic rings. The maximum Gasteiger partial charge on any atom is 0.258 e. The number of carbonyl (C=O) groups is 1. The standard InChI is InChI=1S/C32H53N5O2/c1-31(2)17-26(18-32(3,4)36-31)33-10-11-37-30(39-20-21-8-6-5-7-9-21)27(19-34-37)29(38)35-28-24-13-22-12-23(15-24)16-25(28)14-22/h19,21-26,28,33,36H,5-18,20H2,1-4H3,(H,35,38). The molecule has 0 unspecified atom stereocenters. The van der Waals surface area contributed by atoms with Gasteiger partial charge in [-0.05, 0) is 115 Å². The second kappa shape index (κ2) is 11.0. The first-order valence-corrected chi connectivity index (χ1v) is 16.2. The summed E-state index contributed by atoms with van der Waals surface area (Å²) < 4.78 is 8.43. The van der Waals surface area contributed by atoms with Crippen molar-refractivity contribution in [2.45, 2.75) is 134 Å². The van der Waals surface area contributed by atoms with Gasteiger partial charge in [0, 0.05) is 29.7 Å². The molecule has 39 heavy (non-hydrogen) atoms. The van der Waals surface area contributed by atoms with Crippen molar-refractivity contribution in [2.75, 3.05) is 13.2 Å². The molecule has 7 heteroatoms. The van der Waals surface area contributed by atoms with Gasteiger partial charge < -0.3 is 20.7 Å². The van der Waals surface area contributed by atoms with Crippen molar-refractivity contribution in [1.82, 2.24) is 25.7 Å². The minimum atomic E-state index is 0.0205. The summed E-state index contributed by atoms with van der Waals surface area (Å²) in [5.41, 5.74) is 0.856. The third kappa shape index (κ3) is 6.34. The van der Waals surface area contributed by atoms with E-state index in [0.29, 0.717) is 54.4 Å². The molecule has 6 aliphatic rings. The van der Waals surface area contributed by atoms with Crippen LogP contribution >= 0.6 is 0 Å². The van der Waals surface area contributed by atoms with E-state index in [1.807, 2.05) is 4.68 Å². The van der Waals surface area contributed by atoms with Gasteiger partial charge in [0.05, 0.1) is 19.3 Å². The summed E-state index contributed by atoms with van der Waals surface area (Å²) in [5, 5.41) is 15.8. The molecule has 2 heterocycles. The zero-order chi connectivity index (χ0) is 27.2. The summed E-state index contributed by atoms with van der Waals surface area (Å²) in [6.07, 6.45) is 17.0. The highest BCUT2D eigenvalue weighted by Crippen LogP contribution is 2.53. The molecule has 5 aliphatic carbocycles. The van der Waals surface area contributed by atoms with Crippen molar-refractivity contribution >= 4 is 5.91 Å². The second-order valence-electron chi connectivity index (χ2n) is 15.3. The highest BCUT2D eigenvalue weighted by atomic mass is 16.5. The van der Waals surface area contributed by atoms with Crippen LogP contribution in [0.4, 0.5) is 0 Å². The van der Waals surface area contributed by atoms with Crippen molar-refractivity contribution in [3.05, 3.63) is 11.8 Å². The van der Waals surface area contributed by atoms with Crippen LogP contribution in [0.5, 0.6) is 5.88 Å². The molecule has 0 atom stereocenters. The number of ether oxygens (including phenoxy) is 1. The van der Waals surface area contributed by atoms with E-state index in [0.717, 1.165) is 31.2 Å². The average molecular weight is 540 g/mol. The van der Waals surface area contributed by atoms with Gasteiger partial charge in [-0.3, -0.25) is 4.79 Å². The van der Waals surface area contributed by atoms with Crippen LogP contribution in [0.15, 0.2) is 6.20 Å². The first-order valence-electron chi connectivity index (χ1n) is 16.2. The fourth-order valence-electron chi connectivity index (χ4n) is 9.62. The van der Waals surface area contributed by atoms with E-state index in [9.17, 15) is 4.79 Å². The van der Waals surface area contributed by atoms with Gasteiger partial charge >= 0.3 is 0 Å².